The Morgan fingerprint density at radius 3 is 2.56 bits per heavy atom. The highest BCUT2D eigenvalue weighted by Crippen LogP contribution is 2.21. The number of halogens is 1. The summed E-state index contributed by atoms with van der Waals surface area (Å²) in [5.74, 6) is -0.0707. The maximum Gasteiger partial charge on any atom is 0.178 e. The lowest BCUT2D eigenvalue weighted by molar-refractivity contribution is 0.372. The van der Waals surface area contributed by atoms with Crippen molar-refractivity contribution >= 4 is 9.84 Å². The Labute approximate surface area is 107 Å². The number of hydrogen-bond acceptors (Lipinski definition) is 3. The number of rotatable bonds is 3. The zero-order chi connectivity index (χ0) is 13.2. The number of piperidine rings is 1. The molecule has 0 atom stereocenters. The molecule has 0 bridgehead atoms. The topological polar surface area (TPSA) is 46.2 Å². The van der Waals surface area contributed by atoms with Gasteiger partial charge in [-0.3, -0.25) is 0 Å². The molecule has 0 aliphatic carbocycles. The molecule has 1 N–H and O–H groups in total. The smallest absolute Gasteiger partial charge is 0.178 e. The van der Waals surface area contributed by atoms with Crippen LogP contribution < -0.4 is 5.32 Å². The van der Waals surface area contributed by atoms with Crippen molar-refractivity contribution in [3.8, 4) is 0 Å². The van der Waals surface area contributed by atoms with E-state index in [2.05, 4.69) is 5.32 Å². The molecule has 5 heteroatoms. The number of hydrogen-bond donors (Lipinski definition) is 1. The minimum Gasteiger partial charge on any atom is -0.317 e. The van der Waals surface area contributed by atoms with Gasteiger partial charge in [-0.15, -0.1) is 0 Å². The second-order valence-corrected chi connectivity index (χ2v) is 6.92. The van der Waals surface area contributed by atoms with Gasteiger partial charge in [0.1, 0.15) is 10.7 Å². The van der Waals surface area contributed by atoms with Gasteiger partial charge in [0.2, 0.25) is 0 Å². The van der Waals surface area contributed by atoms with Crippen molar-refractivity contribution < 1.29 is 12.8 Å². The molecule has 100 valence electrons. The van der Waals surface area contributed by atoms with Crippen molar-refractivity contribution in [2.45, 2.75) is 24.2 Å². The highest BCUT2D eigenvalue weighted by atomic mass is 32.2. The van der Waals surface area contributed by atoms with Crippen molar-refractivity contribution in [3.63, 3.8) is 0 Å². The molecule has 0 spiro atoms. The molecule has 0 saturated carbocycles. The molecule has 1 saturated heterocycles. The first-order valence-electron chi connectivity index (χ1n) is 6.16. The normalized spacial score (nSPS) is 17.9. The molecule has 1 heterocycles. The summed E-state index contributed by atoms with van der Waals surface area (Å²) in [4.78, 5) is -0.212. The summed E-state index contributed by atoms with van der Waals surface area (Å²) >= 11 is 0. The van der Waals surface area contributed by atoms with Crippen molar-refractivity contribution in [1.82, 2.24) is 5.32 Å². The van der Waals surface area contributed by atoms with Crippen LogP contribution in [0.25, 0.3) is 0 Å². The van der Waals surface area contributed by atoms with Crippen LogP contribution in [-0.2, 0) is 16.3 Å². The fourth-order valence-corrected chi connectivity index (χ4v) is 3.12. The number of benzene rings is 1. The molecule has 3 nitrogen and oxygen atoms in total. The predicted octanol–water partition coefficient (Wildman–Crippen LogP) is 1.77. The minimum absolute atomic E-state index is 0.212. The average molecular weight is 271 g/mol. The van der Waals surface area contributed by atoms with Crippen LogP contribution in [0.3, 0.4) is 0 Å². The van der Waals surface area contributed by atoms with E-state index in [1.54, 1.807) is 6.07 Å². The van der Waals surface area contributed by atoms with E-state index < -0.39 is 15.7 Å². The molecular formula is C13H18FNO2S. The highest BCUT2D eigenvalue weighted by Gasteiger charge is 2.17. The van der Waals surface area contributed by atoms with E-state index in [4.69, 9.17) is 0 Å². The molecule has 0 aromatic heterocycles. The molecule has 18 heavy (non-hydrogen) atoms. The number of sulfone groups is 1. The molecule has 2 rings (SSSR count). The first-order chi connectivity index (χ1) is 8.47. The summed E-state index contributed by atoms with van der Waals surface area (Å²) in [6.07, 6.45) is 4.03. The maximum atomic E-state index is 13.7. The predicted molar refractivity (Wildman–Crippen MR) is 68.8 cm³/mol. The molecule has 0 radical (unpaired) electrons. The van der Waals surface area contributed by atoms with Crippen LogP contribution in [0.4, 0.5) is 4.39 Å². The van der Waals surface area contributed by atoms with Crippen LogP contribution in [-0.4, -0.2) is 27.8 Å². The lowest BCUT2D eigenvalue weighted by Crippen LogP contribution is -2.28. The van der Waals surface area contributed by atoms with Gasteiger partial charge in [-0.25, -0.2) is 12.8 Å². The van der Waals surface area contributed by atoms with E-state index in [1.807, 2.05) is 0 Å². The third-order valence-electron chi connectivity index (χ3n) is 3.38. The summed E-state index contributed by atoms with van der Waals surface area (Å²) < 4.78 is 36.3. The summed E-state index contributed by atoms with van der Waals surface area (Å²) in [5, 5.41) is 3.29. The maximum absolute atomic E-state index is 13.7. The van der Waals surface area contributed by atoms with Gasteiger partial charge < -0.3 is 5.32 Å². The molecule has 1 aliphatic rings. The molecule has 1 aromatic rings. The van der Waals surface area contributed by atoms with E-state index in [-0.39, 0.29) is 4.90 Å². The molecule has 0 amide bonds. The van der Waals surface area contributed by atoms with Crippen molar-refractivity contribution in [1.29, 1.82) is 0 Å². The Balaban J connectivity index is 2.13. The molecule has 1 fully saturated rings. The van der Waals surface area contributed by atoms with Crippen LogP contribution in [0.1, 0.15) is 18.4 Å². The first-order valence-corrected chi connectivity index (χ1v) is 8.05. The molecular weight excluding hydrogens is 253 g/mol. The molecule has 0 unspecified atom stereocenters. The highest BCUT2D eigenvalue weighted by molar-refractivity contribution is 7.90. The quantitative estimate of drug-likeness (QED) is 0.911. The lowest BCUT2D eigenvalue weighted by Gasteiger charge is -2.22. The standard InChI is InChI=1S/C13H18FNO2S/c1-18(16,17)13-3-2-11(9-12(13)14)8-10-4-6-15-7-5-10/h2-3,9-10,15H,4-8H2,1H3. The Morgan fingerprint density at radius 1 is 1.33 bits per heavy atom. The number of nitrogens with one attached hydrogen (secondary N) is 1. The van der Waals surface area contributed by atoms with Gasteiger partial charge >= 0.3 is 0 Å². The van der Waals surface area contributed by atoms with Gasteiger partial charge in [-0.05, 0) is 56.0 Å². The zero-order valence-corrected chi connectivity index (χ0v) is 11.3. The van der Waals surface area contributed by atoms with Crippen LogP contribution in [0.15, 0.2) is 23.1 Å². The van der Waals surface area contributed by atoms with Crippen molar-refractivity contribution in [2.75, 3.05) is 19.3 Å². The van der Waals surface area contributed by atoms with Gasteiger partial charge in [0, 0.05) is 6.26 Å². The molecule has 1 aromatic carbocycles. The summed E-state index contributed by atoms with van der Waals surface area (Å²) in [7, 11) is -3.47. The van der Waals surface area contributed by atoms with Crippen LogP contribution in [0, 0.1) is 11.7 Å². The first kappa shape index (κ1) is 13.5. The van der Waals surface area contributed by atoms with Gasteiger partial charge in [0.25, 0.3) is 0 Å². The summed E-state index contributed by atoms with van der Waals surface area (Å²) in [6.45, 7) is 2.02. The third kappa shape index (κ3) is 3.29. The summed E-state index contributed by atoms with van der Waals surface area (Å²) in [6, 6.07) is 4.46. The average Bonchev–Trinajstić information content (AvgIpc) is 2.28. The Kier molecular flexibility index (Phi) is 4.02. The van der Waals surface area contributed by atoms with E-state index in [1.165, 1.54) is 12.1 Å². The van der Waals surface area contributed by atoms with Crippen LogP contribution in [0.5, 0.6) is 0 Å². The fraction of sp³-hybridized carbons (Fsp3) is 0.538. The Hall–Kier alpha value is -0.940. The lowest BCUT2D eigenvalue weighted by atomic mass is 9.91. The van der Waals surface area contributed by atoms with E-state index in [9.17, 15) is 12.8 Å². The zero-order valence-electron chi connectivity index (χ0n) is 10.4. The second-order valence-electron chi connectivity index (χ2n) is 4.93. The SMILES string of the molecule is CS(=O)(=O)c1ccc(CC2CCNCC2)cc1F. The Morgan fingerprint density at radius 2 is 2.00 bits per heavy atom. The third-order valence-corrected chi connectivity index (χ3v) is 4.51. The molecule has 1 aliphatic heterocycles. The van der Waals surface area contributed by atoms with Gasteiger partial charge in [0.05, 0.1) is 0 Å². The van der Waals surface area contributed by atoms with E-state index in [0.29, 0.717) is 5.92 Å². The fourth-order valence-electron chi connectivity index (χ4n) is 2.39. The summed E-state index contributed by atoms with van der Waals surface area (Å²) in [5.41, 5.74) is 0.881. The van der Waals surface area contributed by atoms with E-state index in [0.717, 1.165) is 44.2 Å². The monoisotopic (exact) mass is 271 g/mol. The van der Waals surface area contributed by atoms with Gasteiger partial charge in [-0.2, -0.15) is 0 Å². The van der Waals surface area contributed by atoms with Crippen molar-refractivity contribution in [2.24, 2.45) is 5.92 Å². The second kappa shape index (κ2) is 5.36. The van der Waals surface area contributed by atoms with E-state index >= 15 is 0 Å². The Bertz CT molecular complexity index is 522. The minimum atomic E-state index is -3.47. The van der Waals surface area contributed by atoms with Crippen LogP contribution >= 0.6 is 0 Å². The van der Waals surface area contributed by atoms with Crippen molar-refractivity contribution in [3.05, 3.63) is 29.6 Å². The largest absolute Gasteiger partial charge is 0.317 e. The van der Waals surface area contributed by atoms with Gasteiger partial charge in [0.15, 0.2) is 9.84 Å². The van der Waals surface area contributed by atoms with Gasteiger partial charge in [-0.1, -0.05) is 6.07 Å². The van der Waals surface area contributed by atoms with Crippen LogP contribution in [0.2, 0.25) is 0 Å².